The molecule has 1 saturated heterocycles. The summed E-state index contributed by atoms with van der Waals surface area (Å²) in [6, 6.07) is 3.70. The molecule has 110 valence electrons. The van der Waals surface area contributed by atoms with E-state index in [0.29, 0.717) is 32.8 Å². The van der Waals surface area contributed by atoms with E-state index >= 15 is 0 Å². The Balaban J connectivity index is 2.02. The predicted molar refractivity (Wildman–Crippen MR) is 75.7 cm³/mol. The van der Waals surface area contributed by atoms with Gasteiger partial charge in [-0.1, -0.05) is 6.07 Å². The number of aliphatic hydroxyl groups excluding tert-OH is 1. The predicted octanol–water partition coefficient (Wildman–Crippen LogP) is 1.41. The highest BCUT2D eigenvalue weighted by molar-refractivity contribution is 5.68. The molecule has 0 aliphatic carbocycles. The molecule has 0 saturated carbocycles. The van der Waals surface area contributed by atoms with Crippen LogP contribution in [0.3, 0.4) is 0 Å². The minimum atomic E-state index is -0.554. The first-order chi connectivity index (χ1) is 9.63. The standard InChI is InChI=1S/C14H21N3O3/c1-3-20-14(19)17-9-7-16(8-10-17)13-12(11(2)18)5-4-6-15-13/h4-6,11,18H,3,7-10H2,1-2H3/t11-/m0/s1. The van der Waals surface area contributed by atoms with E-state index in [2.05, 4.69) is 9.88 Å². The van der Waals surface area contributed by atoms with E-state index < -0.39 is 6.10 Å². The molecule has 0 spiro atoms. The van der Waals surface area contributed by atoms with Crippen LogP contribution in [-0.4, -0.2) is 53.9 Å². The Bertz CT molecular complexity index is 457. The van der Waals surface area contributed by atoms with Gasteiger partial charge in [0.25, 0.3) is 0 Å². The molecule has 1 aliphatic heterocycles. The number of rotatable bonds is 3. The fourth-order valence-electron chi connectivity index (χ4n) is 2.32. The van der Waals surface area contributed by atoms with E-state index in [1.165, 1.54) is 0 Å². The normalized spacial score (nSPS) is 16.9. The van der Waals surface area contributed by atoms with Gasteiger partial charge in [0.15, 0.2) is 0 Å². The summed E-state index contributed by atoms with van der Waals surface area (Å²) < 4.78 is 5.00. The quantitative estimate of drug-likeness (QED) is 0.906. The van der Waals surface area contributed by atoms with Gasteiger partial charge in [0.05, 0.1) is 12.7 Å². The highest BCUT2D eigenvalue weighted by atomic mass is 16.6. The maximum Gasteiger partial charge on any atom is 0.409 e. The number of anilines is 1. The van der Waals surface area contributed by atoms with Gasteiger partial charge in [-0.3, -0.25) is 0 Å². The van der Waals surface area contributed by atoms with Gasteiger partial charge < -0.3 is 19.6 Å². The maximum atomic E-state index is 11.6. The molecular formula is C14H21N3O3. The number of aromatic nitrogens is 1. The van der Waals surface area contributed by atoms with Gasteiger partial charge >= 0.3 is 6.09 Å². The minimum absolute atomic E-state index is 0.260. The molecule has 20 heavy (non-hydrogen) atoms. The fraction of sp³-hybridized carbons (Fsp3) is 0.571. The molecule has 2 heterocycles. The van der Waals surface area contributed by atoms with Crippen LogP contribution in [0.5, 0.6) is 0 Å². The lowest BCUT2D eigenvalue weighted by Gasteiger charge is -2.35. The number of piperazine rings is 1. The third-order valence-electron chi connectivity index (χ3n) is 3.37. The average Bonchev–Trinajstić information content (AvgIpc) is 2.47. The Kier molecular flexibility index (Phi) is 4.79. The number of aliphatic hydroxyl groups is 1. The lowest BCUT2D eigenvalue weighted by molar-refractivity contribution is 0.105. The van der Waals surface area contributed by atoms with Crippen molar-refractivity contribution in [3.63, 3.8) is 0 Å². The smallest absolute Gasteiger partial charge is 0.409 e. The molecule has 1 aliphatic rings. The molecular weight excluding hydrogens is 258 g/mol. The van der Waals surface area contributed by atoms with Gasteiger partial charge in [-0.2, -0.15) is 0 Å². The van der Waals surface area contributed by atoms with Crippen molar-refractivity contribution in [3.8, 4) is 0 Å². The summed E-state index contributed by atoms with van der Waals surface area (Å²) in [4.78, 5) is 19.8. The Morgan fingerprint density at radius 2 is 2.15 bits per heavy atom. The van der Waals surface area contributed by atoms with Crippen LogP contribution in [0.4, 0.5) is 10.6 Å². The van der Waals surface area contributed by atoms with Crippen LogP contribution in [0.15, 0.2) is 18.3 Å². The largest absolute Gasteiger partial charge is 0.450 e. The van der Waals surface area contributed by atoms with Crippen LogP contribution in [0.1, 0.15) is 25.5 Å². The number of hydrogen-bond donors (Lipinski definition) is 1. The van der Waals surface area contributed by atoms with Crippen LogP contribution in [-0.2, 0) is 4.74 Å². The topological polar surface area (TPSA) is 65.9 Å². The van der Waals surface area contributed by atoms with Crippen molar-refractivity contribution in [3.05, 3.63) is 23.9 Å². The Hall–Kier alpha value is -1.82. The zero-order chi connectivity index (χ0) is 14.5. The number of carbonyl (C=O) groups is 1. The molecule has 1 aromatic rings. The third kappa shape index (κ3) is 3.19. The van der Waals surface area contributed by atoms with Crippen molar-refractivity contribution >= 4 is 11.9 Å². The number of amides is 1. The van der Waals surface area contributed by atoms with Gasteiger partial charge in [0.1, 0.15) is 5.82 Å². The Morgan fingerprint density at radius 3 is 2.75 bits per heavy atom. The van der Waals surface area contributed by atoms with E-state index in [-0.39, 0.29) is 6.09 Å². The molecule has 6 nitrogen and oxygen atoms in total. The van der Waals surface area contributed by atoms with Gasteiger partial charge in [-0.25, -0.2) is 9.78 Å². The van der Waals surface area contributed by atoms with Gasteiger partial charge in [0, 0.05) is 37.9 Å². The van der Waals surface area contributed by atoms with Crippen molar-refractivity contribution in [1.29, 1.82) is 0 Å². The minimum Gasteiger partial charge on any atom is -0.450 e. The second-order valence-corrected chi connectivity index (χ2v) is 4.77. The van der Waals surface area contributed by atoms with E-state index in [1.807, 2.05) is 12.1 Å². The van der Waals surface area contributed by atoms with E-state index in [9.17, 15) is 9.90 Å². The SMILES string of the molecule is CCOC(=O)N1CCN(c2ncccc2[C@H](C)O)CC1. The van der Waals surface area contributed by atoms with Crippen LogP contribution in [0.2, 0.25) is 0 Å². The highest BCUT2D eigenvalue weighted by Gasteiger charge is 2.24. The van der Waals surface area contributed by atoms with Crippen molar-refractivity contribution in [1.82, 2.24) is 9.88 Å². The van der Waals surface area contributed by atoms with Crippen LogP contribution >= 0.6 is 0 Å². The molecule has 1 atom stereocenters. The monoisotopic (exact) mass is 279 g/mol. The molecule has 1 aromatic heterocycles. The fourth-order valence-corrected chi connectivity index (χ4v) is 2.32. The number of ether oxygens (including phenoxy) is 1. The number of pyridine rings is 1. The van der Waals surface area contributed by atoms with Crippen LogP contribution < -0.4 is 4.90 Å². The first-order valence-corrected chi connectivity index (χ1v) is 6.93. The molecule has 0 radical (unpaired) electrons. The molecule has 0 unspecified atom stereocenters. The lowest BCUT2D eigenvalue weighted by Crippen LogP contribution is -2.49. The number of nitrogens with zero attached hydrogens (tertiary/aromatic N) is 3. The third-order valence-corrected chi connectivity index (χ3v) is 3.37. The molecule has 1 fully saturated rings. The molecule has 0 aromatic carbocycles. The summed E-state index contributed by atoms with van der Waals surface area (Å²) in [6.07, 6.45) is 0.907. The summed E-state index contributed by atoms with van der Waals surface area (Å²) in [6.45, 7) is 6.52. The molecule has 2 rings (SSSR count). The summed E-state index contributed by atoms with van der Waals surface area (Å²) >= 11 is 0. The van der Waals surface area contributed by atoms with Crippen molar-refractivity contribution in [2.45, 2.75) is 20.0 Å². The van der Waals surface area contributed by atoms with Gasteiger partial charge in [-0.15, -0.1) is 0 Å². The van der Waals surface area contributed by atoms with E-state index in [1.54, 1.807) is 24.9 Å². The first-order valence-electron chi connectivity index (χ1n) is 6.93. The molecule has 1 amide bonds. The number of carbonyl (C=O) groups excluding carboxylic acids is 1. The lowest BCUT2D eigenvalue weighted by atomic mass is 10.1. The van der Waals surface area contributed by atoms with Gasteiger partial charge in [0.2, 0.25) is 0 Å². The summed E-state index contributed by atoms with van der Waals surface area (Å²) in [7, 11) is 0. The van der Waals surface area contributed by atoms with Crippen LogP contribution in [0, 0.1) is 0 Å². The second-order valence-electron chi connectivity index (χ2n) is 4.77. The van der Waals surface area contributed by atoms with Crippen LogP contribution in [0.25, 0.3) is 0 Å². The molecule has 1 N–H and O–H groups in total. The van der Waals surface area contributed by atoms with Crippen molar-refractivity contribution < 1.29 is 14.6 Å². The maximum absolute atomic E-state index is 11.6. The molecule has 0 bridgehead atoms. The second kappa shape index (κ2) is 6.56. The summed E-state index contributed by atoms with van der Waals surface area (Å²) in [5.74, 6) is 0.797. The van der Waals surface area contributed by atoms with Crippen molar-refractivity contribution in [2.75, 3.05) is 37.7 Å². The Morgan fingerprint density at radius 1 is 1.45 bits per heavy atom. The van der Waals surface area contributed by atoms with Gasteiger partial charge in [-0.05, 0) is 19.9 Å². The summed E-state index contributed by atoms with van der Waals surface area (Å²) in [5.41, 5.74) is 0.817. The highest BCUT2D eigenvalue weighted by Crippen LogP contribution is 2.24. The average molecular weight is 279 g/mol. The number of hydrogen-bond acceptors (Lipinski definition) is 5. The first kappa shape index (κ1) is 14.6. The van der Waals surface area contributed by atoms with E-state index in [0.717, 1.165) is 11.4 Å². The zero-order valence-corrected chi connectivity index (χ0v) is 12.0. The molecule has 6 heteroatoms. The summed E-state index contributed by atoms with van der Waals surface area (Å²) in [5, 5.41) is 9.79. The van der Waals surface area contributed by atoms with E-state index in [4.69, 9.17) is 4.74 Å². The Labute approximate surface area is 119 Å². The zero-order valence-electron chi connectivity index (χ0n) is 12.0. The van der Waals surface area contributed by atoms with Crippen molar-refractivity contribution in [2.24, 2.45) is 0 Å².